The van der Waals surface area contributed by atoms with Crippen molar-refractivity contribution in [2.45, 2.75) is 5.03 Å². The van der Waals surface area contributed by atoms with E-state index >= 15 is 0 Å². The van der Waals surface area contributed by atoms with Gasteiger partial charge in [0.2, 0.25) is 0 Å². The molecule has 0 fully saturated rings. The van der Waals surface area contributed by atoms with E-state index in [-0.39, 0.29) is 5.75 Å². The predicted octanol–water partition coefficient (Wildman–Crippen LogP) is 1.87. The molecule has 0 bridgehead atoms. The van der Waals surface area contributed by atoms with E-state index in [0.717, 1.165) is 0 Å². The highest BCUT2D eigenvalue weighted by Gasteiger charge is 2.05. The highest BCUT2D eigenvalue weighted by atomic mass is 35.5. The summed E-state index contributed by atoms with van der Waals surface area (Å²) in [5, 5.41) is 1.24. The van der Waals surface area contributed by atoms with Gasteiger partial charge in [0, 0.05) is 18.2 Å². The molecule has 1 aromatic heterocycles. The van der Waals surface area contributed by atoms with Gasteiger partial charge in [-0.1, -0.05) is 11.6 Å². The molecule has 0 amide bonds. The maximum atomic E-state index is 10.8. The van der Waals surface area contributed by atoms with Crippen LogP contribution in [0, 0.1) is 0 Å². The molecule has 0 saturated carbocycles. The summed E-state index contributed by atoms with van der Waals surface area (Å²) in [6.45, 7) is 0. The van der Waals surface area contributed by atoms with Crippen LogP contribution in [-0.2, 0) is 9.84 Å². The smallest absolute Gasteiger partial charge is 0.148 e. The standard InChI is InChI=1S/C8H10ClNO2S2/c1-14(11,12)6-5-13-8-7(9)3-2-4-10-8/h2-4H,5-6H2,1H3. The molecule has 0 aromatic carbocycles. The molecule has 0 aliphatic rings. The van der Waals surface area contributed by atoms with Crippen LogP contribution in [0.15, 0.2) is 23.4 Å². The second kappa shape index (κ2) is 5.00. The molecule has 6 heteroatoms. The molecule has 0 atom stereocenters. The van der Waals surface area contributed by atoms with Crippen LogP contribution < -0.4 is 0 Å². The first kappa shape index (κ1) is 11.8. The van der Waals surface area contributed by atoms with E-state index in [1.807, 2.05) is 0 Å². The highest BCUT2D eigenvalue weighted by molar-refractivity contribution is 8.00. The quantitative estimate of drug-likeness (QED) is 0.767. The molecule has 14 heavy (non-hydrogen) atoms. The van der Waals surface area contributed by atoms with Crippen molar-refractivity contribution in [3.05, 3.63) is 23.4 Å². The number of hydrogen-bond acceptors (Lipinski definition) is 4. The Labute approximate surface area is 92.8 Å². The Morgan fingerprint density at radius 3 is 2.86 bits per heavy atom. The lowest BCUT2D eigenvalue weighted by molar-refractivity contribution is 0.603. The minimum atomic E-state index is -2.90. The molecule has 0 aliphatic carbocycles. The Morgan fingerprint density at radius 1 is 1.57 bits per heavy atom. The second-order valence-electron chi connectivity index (χ2n) is 2.77. The van der Waals surface area contributed by atoms with Crippen LogP contribution in [0.4, 0.5) is 0 Å². The van der Waals surface area contributed by atoms with E-state index in [9.17, 15) is 8.42 Å². The summed E-state index contributed by atoms with van der Waals surface area (Å²) in [6, 6.07) is 3.47. The zero-order chi connectivity index (χ0) is 10.6. The minimum Gasteiger partial charge on any atom is -0.248 e. The van der Waals surface area contributed by atoms with Crippen LogP contribution >= 0.6 is 23.4 Å². The number of rotatable bonds is 4. The molecule has 0 saturated heterocycles. The van der Waals surface area contributed by atoms with Crippen LogP contribution in [0.2, 0.25) is 5.02 Å². The Morgan fingerprint density at radius 2 is 2.29 bits per heavy atom. The number of hydrogen-bond donors (Lipinski definition) is 0. The SMILES string of the molecule is CS(=O)(=O)CCSc1ncccc1Cl. The average Bonchev–Trinajstić information content (AvgIpc) is 2.06. The molecule has 1 aromatic rings. The largest absolute Gasteiger partial charge is 0.248 e. The Hall–Kier alpha value is -0.260. The zero-order valence-electron chi connectivity index (χ0n) is 7.60. The topological polar surface area (TPSA) is 47.0 Å². The lowest BCUT2D eigenvalue weighted by Crippen LogP contribution is -2.05. The van der Waals surface area contributed by atoms with Crippen molar-refractivity contribution in [2.24, 2.45) is 0 Å². The van der Waals surface area contributed by atoms with Crippen molar-refractivity contribution in [3.8, 4) is 0 Å². The Balaban J connectivity index is 2.51. The molecule has 0 aliphatic heterocycles. The Kier molecular flexibility index (Phi) is 4.22. The first-order valence-corrected chi connectivity index (χ1v) is 7.32. The van der Waals surface area contributed by atoms with E-state index in [1.165, 1.54) is 18.0 Å². The summed E-state index contributed by atoms with van der Waals surface area (Å²) in [4.78, 5) is 4.03. The zero-order valence-corrected chi connectivity index (χ0v) is 9.99. The van der Waals surface area contributed by atoms with Gasteiger partial charge in [0.05, 0.1) is 10.8 Å². The van der Waals surface area contributed by atoms with E-state index < -0.39 is 9.84 Å². The minimum absolute atomic E-state index is 0.143. The summed E-state index contributed by atoms with van der Waals surface area (Å²) in [5.41, 5.74) is 0. The van der Waals surface area contributed by atoms with Gasteiger partial charge in [0.25, 0.3) is 0 Å². The van der Waals surface area contributed by atoms with Crippen LogP contribution in [0.5, 0.6) is 0 Å². The van der Waals surface area contributed by atoms with Crippen LogP contribution in [0.1, 0.15) is 0 Å². The fourth-order valence-electron chi connectivity index (χ4n) is 0.767. The van der Waals surface area contributed by atoms with Gasteiger partial charge in [0.15, 0.2) is 0 Å². The number of thioether (sulfide) groups is 1. The molecular formula is C8H10ClNO2S2. The van der Waals surface area contributed by atoms with Crippen molar-refractivity contribution >= 4 is 33.2 Å². The van der Waals surface area contributed by atoms with Gasteiger partial charge in [-0.2, -0.15) is 0 Å². The molecule has 0 spiro atoms. The number of nitrogens with zero attached hydrogens (tertiary/aromatic N) is 1. The lowest BCUT2D eigenvalue weighted by Gasteiger charge is -2.01. The van der Waals surface area contributed by atoms with E-state index in [2.05, 4.69) is 4.98 Å². The van der Waals surface area contributed by atoms with Crippen molar-refractivity contribution in [1.82, 2.24) is 4.98 Å². The highest BCUT2D eigenvalue weighted by Crippen LogP contribution is 2.23. The number of sulfone groups is 1. The molecule has 1 heterocycles. The van der Waals surface area contributed by atoms with Crippen LogP contribution in [0.25, 0.3) is 0 Å². The first-order chi connectivity index (χ1) is 6.49. The summed E-state index contributed by atoms with van der Waals surface area (Å²) in [5.74, 6) is 0.625. The van der Waals surface area contributed by atoms with E-state index in [0.29, 0.717) is 15.8 Å². The molecule has 78 valence electrons. The van der Waals surface area contributed by atoms with Crippen LogP contribution in [0.3, 0.4) is 0 Å². The summed E-state index contributed by atoms with van der Waals surface area (Å²) in [6.07, 6.45) is 2.85. The van der Waals surface area contributed by atoms with Gasteiger partial charge in [-0.15, -0.1) is 11.8 Å². The fraction of sp³-hybridized carbons (Fsp3) is 0.375. The van der Waals surface area contributed by atoms with Gasteiger partial charge in [0.1, 0.15) is 14.9 Å². The maximum Gasteiger partial charge on any atom is 0.148 e. The average molecular weight is 252 g/mol. The first-order valence-electron chi connectivity index (χ1n) is 3.90. The molecule has 0 N–H and O–H groups in total. The maximum absolute atomic E-state index is 10.8. The normalized spacial score (nSPS) is 11.6. The van der Waals surface area contributed by atoms with Crippen molar-refractivity contribution in [2.75, 3.05) is 17.8 Å². The van der Waals surface area contributed by atoms with Gasteiger partial charge in [-0.05, 0) is 12.1 Å². The summed E-state index contributed by atoms with van der Waals surface area (Å²) >= 11 is 7.19. The van der Waals surface area contributed by atoms with Crippen molar-refractivity contribution < 1.29 is 8.42 Å². The molecule has 0 radical (unpaired) electrons. The van der Waals surface area contributed by atoms with E-state index in [4.69, 9.17) is 11.6 Å². The van der Waals surface area contributed by atoms with Gasteiger partial charge in [-0.3, -0.25) is 0 Å². The summed E-state index contributed by atoms with van der Waals surface area (Å²) in [7, 11) is -2.90. The number of aromatic nitrogens is 1. The number of pyridine rings is 1. The molecule has 3 nitrogen and oxygen atoms in total. The van der Waals surface area contributed by atoms with Crippen LogP contribution in [-0.4, -0.2) is 31.2 Å². The third kappa shape index (κ3) is 4.30. The second-order valence-corrected chi connectivity index (χ2v) is 6.52. The van der Waals surface area contributed by atoms with Gasteiger partial charge >= 0.3 is 0 Å². The Bertz CT molecular complexity index is 406. The van der Waals surface area contributed by atoms with Crippen molar-refractivity contribution in [1.29, 1.82) is 0 Å². The van der Waals surface area contributed by atoms with Crippen molar-refractivity contribution in [3.63, 3.8) is 0 Å². The van der Waals surface area contributed by atoms with Gasteiger partial charge < -0.3 is 0 Å². The summed E-state index contributed by atoms with van der Waals surface area (Å²) < 4.78 is 21.7. The number of halogens is 1. The van der Waals surface area contributed by atoms with E-state index in [1.54, 1.807) is 18.3 Å². The molecular weight excluding hydrogens is 242 g/mol. The third-order valence-electron chi connectivity index (χ3n) is 1.42. The lowest BCUT2D eigenvalue weighted by atomic mass is 10.5. The predicted molar refractivity (Wildman–Crippen MR) is 59.7 cm³/mol. The molecule has 0 unspecified atom stereocenters. The third-order valence-corrected chi connectivity index (χ3v) is 4.05. The van der Waals surface area contributed by atoms with Gasteiger partial charge in [-0.25, -0.2) is 13.4 Å². The molecule has 1 rings (SSSR count). The fourth-order valence-corrected chi connectivity index (χ4v) is 3.13. The monoisotopic (exact) mass is 251 g/mol.